The standard InChI is InChI=1S/C47H30N2OS/c1-3-12-31(13-4-1)32-22-26-36(27-23-32)49(37-28-24-34(25-29-37)39-20-11-17-33-14-7-8-18-38(33)39)45-44-40-19-9-10-21-42(40)50-43(44)30-41-46(45)51-47(48-41)35-15-5-2-6-16-35/h1-30H. The van der Waals surface area contributed by atoms with Gasteiger partial charge in [0.25, 0.3) is 0 Å². The van der Waals surface area contributed by atoms with Gasteiger partial charge in [-0.3, -0.25) is 0 Å². The molecule has 0 aliphatic carbocycles. The van der Waals surface area contributed by atoms with Crippen LogP contribution >= 0.6 is 11.3 Å². The summed E-state index contributed by atoms with van der Waals surface area (Å²) >= 11 is 1.73. The first-order valence-corrected chi connectivity index (χ1v) is 17.9. The minimum absolute atomic E-state index is 0.821. The topological polar surface area (TPSA) is 29.3 Å². The fourth-order valence-corrected chi connectivity index (χ4v) is 8.36. The third kappa shape index (κ3) is 5.08. The van der Waals surface area contributed by atoms with E-state index < -0.39 is 0 Å². The number of hydrogen-bond acceptors (Lipinski definition) is 4. The van der Waals surface area contributed by atoms with Crippen molar-refractivity contribution in [1.29, 1.82) is 0 Å². The van der Waals surface area contributed by atoms with E-state index in [2.05, 4.69) is 169 Å². The molecule has 0 unspecified atom stereocenters. The molecule has 3 nitrogen and oxygen atoms in total. The molecule has 10 aromatic rings. The average Bonchev–Trinajstić information content (AvgIpc) is 3.80. The molecule has 2 heterocycles. The van der Waals surface area contributed by atoms with E-state index in [1.54, 1.807) is 11.3 Å². The molecule has 0 atom stereocenters. The molecule has 2 aromatic heterocycles. The van der Waals surface area contributed by atoms with Crippen LogP contribution in [0.3, 0.4) is 0 Å². The van der Waals surface area contributed by atoms with E-state index >= 15 is 0 Å². The lowest BCUT2D eigenvalue weighted by Crippen LogP contribution is -2.10. The highest BCUT2D eigenvalue weighted by atomic mass is 32.1. The predicted octanol–water partition coefficient (Wildman–Crippen LogP) is 13.8. The van der Waals surface area contributed by atoms with Gasteiger partial charge in [0, 0.05) is 28.4 Å². The molecule has 0 N–H and O–H groups in total. The van der Waals surface area contributed by atoms with Gasteiger partial charge in [0.15, 0.2) is 0 Å². The quantitative estimate of drug-likeness (QED) is 0.176. The van der Waals surface area contributed by atoms with E-state index in [0.29, 0.717) is 0 Å². The summed E-state index contributed by atoms with van der Waals surface area (Å²) < 4.78 is 7.68. The number of thiazole rings is 1. The van der Waals surface area contributed by atoms with Crippen LogP contribution in [-0.2, 0) is 0 Å². The number of benzene rings is 8. The van der Waals surface area contributed by atoms with Crippen molar-refractivity contribution in [2.45, 2.75) is 0 Å². The summed E-state index contributed by atoms with van der Waals surface area (Å²) in [5.41, 5.74) is 11.6. The van der Waals surface area contributed by atoms with Gasteiger partial charge >= 0.3 is 0 Å². The Morgan fingerprint density at radius 3 is 1.80 bits per heavy atom. The highest BCUT2D eigenvalue weighted by molar-refractivity contribution is 7.22. The molecule has 0 aliphatic rings. The third-order valence-corrected chi connectivity index (χ3v) is 10.8. The van der Waals surface area contributed by atoms with Crippen LogP contribution in [0.1, 0.15) is 0 Å². The second-order valence-electron chi connectivity index (χ2n) is 12.8. The van der Waals surface area contributed by atoms with Gasteiger partial charge in [-0.1, -0.05) is 146 Å². The Balaban J connectivity index is 1.23. The van der Waals surface area contributed by atoms with Crippen molar-refractivity contribution < 1.29 is 4.42 Å². The molecule has 0 radical (unpaired) electrons. The lowest BCUT2D eigenvalue weighted by Gasteiger charge is -2.27. The number of para-hydroxylation sites is 1. The number of fused-ring (bicyclic) bond motifs is 5. The highest BCUT2D eigenvalue weighted by Crippen LogP contribution is 2.50. The number of nitrogens with zero attached hydrogens (tertiary/aromatic N) is 2. The van der Waals surface area contributed by atoms with Gasteiger partial charge in [0.2, 0.25) is 0 Å². The SMILES string of the molecule is c1ccc(-c2ccc(N(c3ccc(-c4cccc5ccccc45)cc3)c3c4sc(-c5ccccc5)nc4cc4oc5ccccc5c34)cc2)cc1. The minimum Gasteiger partial charge on any atom is -0.456 e. The van der Waals surface area contributed by atoms with Crippen molar-refractivity contribution in [3.05, 3.63) is 182 Å². The number of furan rings is 1. The maximum Gasteiger partial charge on any atom is 0.139 e. The Kier molecular flexibility index (Phi) is 7.00. The van der Waals surface area contributed by atoms with Crippen LogP contribution in [0, 0.1) is 0 Å². The fraction of sp³-hybridized carbons (Fsp3) is 0. The number of rotatable bonds is 6. The molecule has 0 saturated carbocycles. The van der Waals surface area contributed by atoms with Crippen LogP contribution in [0.15, 0.2) is 186 Å². The Labute approximate surface area is 299 Å². The molecule has 51 heavy (non-hydrogen) atoms. The maximum absolute atomic E-state index is 6.57. The van der Waals surface area contributed by atoms with Gasteiger partial charge in [0.1, 0.15) is 16.2 Å². The van der Waals surface area contributed by atoms with E-state index in [-0.39, 0.29) is 0 Å². The normalized spacial score (nSPS) is 11.5. The molecular formula is C47H30N2OS. The van der Waals surface area contributed by atoms with Gasteiger partial charge in [-0.15, -0.1) is 11.3 Å². The summed E-state index contributed by atoms with van der Waals surface area (Å²) in [6.07, 6.45) is 0. The molecule has 10 rings (SSSR count). The fourth-order valence-electron chi connectivity index (χ4n) is 7.27. The van der Waals surface area contributed by atoms with Crippen molar-refractivity contribution in [3.8, 4) is 32.8 Å². The second-order valence-corrected chi connectivity index (χ2v) is 13.8. The largest absolute Gasteiger partial charge is 0.456 e. The van der Waals surface area contributed by atoms with Gasteiger partial charge in [-0.25, -0.2) is 4.98 Å². The smallest absolute Gasteiger partial charge is 0.139 e. The number of anilines is 3. The maximum atomic E-state index is 6.57. The monoisotopic (exact) mass is 670 g/mol. The van der Waals surface area contributed by atoms with E-state index in [1.165, 1.54) is 33.0 Å². The lowest BCUT2D eigenvalue weighted by molar-refractivity contribution is 0.669. The van der Waals surface area contributed by atoms with E-state index in [1.807, 2.05) is 18.2 Å². The van der Waals surface area contributed by atoms with Crippen LogP contribution < -0.4 is 4.90 Å². The molecule has 8 aromatic carbocycles. The zero-order valence-corrected chi connectivity index (χ0v) is 28.3. The Bertz CT molecular complexity index is 2830. The van der Waals surface area contributed by atoms with Crippen LogP contribution in [0.2, 0.25) is 0 Å². The Hall–Kier alpha value is -6.49. The molecular weight excluding hydrogens is 641 g/mol. The third-order valence-electron chi connectivity index (χ3n) is 9.70. The summed E-state index contributed by atoms with van der Waals surface area (Å²) in [5, 5.41) is 5.62. The van der Waals surface area contributed by atoms with Crippen molar-refractivity contribution in [3.63, 3.8) is 0 Å². The van der Waals surface area contributed by atoms with Crippen LogP contribution in [-0.4, -0.2) is 4.98 Å². The van der Waals surface area contributed by atoms with Gasteiger partial charge < -0.3 is 9.32 Å². The molecule has 240 valence electrons. The molecule has 4 heteroatoms. The Morgan fingerprint density at radius 1 is 0.471 bits per heavy atom. The zero-order valence-electron chi connectivity index (χ0n) is 27.5. The van der Waals surface area contributed by atoms with Crippen molar-refractivity contribution in [2.24, 2.45) is 0 Å². The molecule has 0 spiro atoms. The van der Waals surface area contributed by atoms with Gasteiger partial charge in [-0.2, -0.15) is 0 Å². The zero-order chi connectivity index (χ0) is 33.7. The van der Waals surface area contributed by atoms with Gasteiger partial charge in [-0.05, 0) is 63.4 Å². The average molecular weight is 671 g/mol. The number of aromatic nitrogens is 1. The van der Waals surface area contributed by atoms with E-state index in [9.17, 15) is 0 Å². The first kappa shape index (κ1) is 29.4. The summed E-state index contributed by atoms with van der Waals surface area (Å²) in [7, 11) is 0. The van der Waals surface area contributed by atoms with Crippen LogP contribution in [0.5, 0.6) is 0 Å². The van der Waals surface area contributed by atoms with E-state index in [0.717, 1.165) is 59.8 Å². The van der Waals surface area contributed by atoms with Gasteiger partial charge in [0.05, 0.1) is 21.3 Å². The summed E-state index contributed by atoms with van der Waals surface area (Å²) in [6.45, 7) is 0. The summed E-state index contributed by atoms with van der Waals surface area (Å²) in [6, 6.07) is 64.4. The van der Waals surface area contributed by atoms with Crippen LogP contribution in [0.25, 0.3) is 75.8 Å². The Morgan fingerprint density at radius 2 is 1.06 bits per heavy atom. The predicted molar refractivity (Wildman–Crippen MR) is 215 cm³/mol. The molecule has 0 aliphatic heterocycles. The highest BCUT2D eigenvalue weighted by Gasteiger charge is 2.25. The molecule has 0 fully saturated rings. The minimum atomic E-state index is 0.821. The van der Waals surface area contributed by atoms with E-state index in [4.69, 9.17) is 9.40 Å². The second kappa shape index (κ2) is 12.1. The first-order valence-electron chi connectivity index (χ1n) is 17.1. The van der Waals surface area contributed by atoms with Crippen LogP contribution in [0.4, 0.5) is 17.1 Å². The summed E-state index contributed by atoms with van der Waals surface area (Å²) in [5.74, 6) is 0. The number of hydrogen-bond donors (Lipinski definition) is 0. The summed E-state index contributed by atoms with van der Waals surface area (Å²) in [4.78, 5) is 7.59. The van der Waals surface area contributed by atoms with Crippen molar-refractivity contribution in [2.75, 3.05) is 4.90 Å². The lowest BCUT2D eigenvalue weighted by atomic mass is 9.98. The van der Waals surface area contributed by atoms with Crippen molar-refractivity contribution >= 4 is 71.3 Å². The first-order chi connectivity index (χ1) is 25.3. The molecule has 0 saturated heterocycles. The molecule has 0 amide bonds. The van der Waals surface area contributed by atoms with Crippen molar-refractivity contribution in [1.82, 2.24) is 4.98 Å². The molecule has 0 bridgehead atoms.